The highest BCUT2D eigenvalue weighted by Gasteiger charge is 2.01. The van der Waals surface area contributed by atoms with Gasteiger partial charge in [0.2, 0.25) is 0 Å². The average molecular weight is 277 g/mol. The molecule has 0 unspecified atom stereocenters. The zero-order valence-corrected chi connectivity index (χ0v) is 11.6. The number of anilines is 1. The summed E-state index contributed by atoms with van der Waals surface area (Å²) >= 11 is 0. The second-order valence-corrected chi connectivity index (χ2v) is 4.48. The van der Waals surface area contributed by atoms with Crippen LogP contribution in [0.5, 0.6) is 0 Å². The Kier molecular flexibility index (Phi) is 6.25. The van der Waals surface area contributed by atoms with Crippen molar-refractivity contribution in [1.82, 2.24) is 10.2 Å². The van der Waals surface area contributed by atoms with Gasteiger partial charge in [0.15, 0.2) is 0 Å². The summed E-state index contributed by atoms with van der Waals surface area (Å²) in [7, 11) is 3.87. The molecule has 3 N–H and O–H groups in total. The molecule has 0 aliphatic heterocycles. The van der Waals surface area contributed by atoms with Crippen LogP contribution in [0, 0.1) is 0 Å². The van der Waals surface area contributed by atoms with Crippen molar-refractivity contribution >= 4 is 23.8 Å². The summed E-state index contributed by atoms with van der Waals surface area (Å²) in [6, 6.07) is 6.63. The number of carboxylic acids is 1. The third-order valence-electron chi connectivity index (χ3n) is 2.43. The molecule has 6 heteroatoms. The molecule has 6 nitrogen and oxygen atoms in total. The highest BCUT2D eigenvalue weighted by molar-refractivity contribution is 5.89. The van der Waals surface area contributed by atoms with Crippen LogP contribution in [0.1, 0.15) is 5.56 Å². The maximum absolute atomic E-state index is 11.6. The molecule has 20 heavy (non-hydrogen) atoms. The second kappa shape index (κ2) is 7.96. The van der Waals surface area contributed by atoms with E-state index >= 15 is 0 Å². The molecular weight excluding hydrogens is 258 g/mol. The first-order valence-corrected chi connectivity index (χ1v) is 6.18. The number of hydrogen-bond donors (Lipinski definition) is 3. The van der Waals surface area contributed by atoms with Crippen molar-refractivity contribution in [2.75, 3.05) is 32.5 Å². The molecule has 1 rings (SSSR count). The largest absolute Gasteiger partial charge is 0.478 e. The summed E-state index contributed by atoms with van der Waals surface area (Å²) in [6.07, 6.45) is 2.56. The first-order chi connectivity index (χ1) is 9.47. The Morgan fingerprint density at radius 1 is 1.25 bits per heavy atom. The topological polar surface area (TPSA) is 81.7 Å². The van der Waals surface area contributed by atoms with Gasteiger partial charge in [-0.1, -0.05) is 12.1 Å². The number of likely N-dealkylation sites (N-methyl/N-ethyl adjacent to an activating group) is 1. The van der Waals surface area contributed by atoms with Gasteiger partial charge >= 0.3 is 12.0 Å². The van der Waals surface area contributed by atoms with Crippen molar-refractivity contribution in [3.8, 4) is 0 Å². The summed E-state index contributed by atoms with van der Waals surface area (Å²) in [6.45, 7) is 1.34. The van der Waals surface area contributed by atoms with Crippen LogP contribution in [0.4, 0.5) is 10.5 Å². The number of benzene rings is 1. The third-order valence-corrected chi connectivity index (χ3v) is 2.43. The van der Waals surface area contributed by atoms with Crippen molar-refractivity contribution in [2.45, 2.75) is 0 Å². The summed E-state index contributed by atoms with van der Waals surface area (Å²) in [5.41, 5.74) is 1.41. The number of hydrogen-bond acceptors (Lipinski definition) is 3. The molecule has 0 atom stereocenters. The fourth-order valence-electron chi connectivity index (χ4n) is 1.41. The van der Waals surface area contributed by atoms with E-state index in [1.807, 2.05) is 19.0 Å². The molecule has 0 saturated carbocycles. The zero-order chi connectivity index (χ0) is 15.0. The monoisotopic (exact) mass is 277 g/mol. The number of carbonyl (C=O) groups excluding carboxylic acids is 1. The lowest BCUT2D eigenvalue weighted by molar-refractivity contribution is -0.131. The van der Waals surface area contributed by atoms with Gasteiger partial charge in [0, 0.05) is 24.9 Å². The van der Waals surface area contributed by atoms with Crippen LogP contribution in [0.2, 0.25) is 0 Å². The standard InChI is InChI=1S/C14H19N3O3/c1-17(2)10-9-15-14(20)16-12-6-3-11(4-7-12)5-8-13(18)19/h3-8H,9-10H2,1-2H3,(H,18,19)(H2,15,16,20). The van der Waals surface area contributed by atoms with E-state index in [1.165, 1.54) is 6.08 Å². The van der Waals surface area contributed by atoms with Gasteiger partial charge in [-0.25, -0.2) is 9.59 Å². The van der Waals surface area contributed by atoms with E-state index in [4.69, 9.17) is 5.11 Å². The van der Waals surface area contributed by atoms with Crippen LogP contribution in [0.15, 0.2) is 30.3 Å². The lowest BCUT2D eigenvalue weighted by Crippen LogP contribution is -2.34. The molecule has 0 aliphatic rings. The fraction of sp³-hybridized carbons (Fsp3) is 0.286. The van der Waals surface area contributed by atoms with Crippen LogP contribution in [0.25, 0.3) is 6.08 Å². The van der Waals surface area contributed by atoms with Crippen molar-refractivity contribution < 1.29 is 14.7 Å². The number of nitrogens with zero attached hydrogens (tertiary/aromatic N) is 1. The maximum Gasteiger partial charge on any atom is 0.328 e. The van der Waals surface area contributed by atoms with Crippen molar-refractivity contribution in [1.29, 1.82) is 0 Å². The molecule has 1 aromatic rings. The van der Waals surface area contributed by atoms with Gasteiger partial charge in [-0.15, -0.1) is 0 Å². The number of nitrogens with one attached hydrogen (secondary N) is 2. The summed E-state index contributed by atoms with van der Waals surface area (Å²) in [5.74, 6) is -0.993. The normalized spacial score (nSPS) is 10.8. The lowest BCUT2D eigenvalue weighted by Gasteiger charge is -2.11. The van der Waals surface area contributed by atoms with Gasteiger partial charge in [-0.05, 0) is 37.9 Å². The molecule has 108 valence electrons. The van der Waals surface area contributed by atoms with Crippen LogP contribution >= 0.6 is 0 Å². The molecule has 0 bridgehead atoms. The van der Waals surface area contributed by atoms with Crippen LogP contribution in [0.3, 0.4) is 0 Å². The Morgan fingerprint density at radius 2 is 1.90 bits per heavy atom. The van der Waals surface area contributed by atoms with Crippen molar-refractivity contribution in [3.05, 3.63) is 35.9 Å². The molecule has 0 saturated heterocycles. The summed E-state index contributed by atoms with van der Waals surface area (Å²) in [4.78, 5) is 23.9. The Labute approximate surface area is 118 Å². The van der Waals surface area contributed by atoms with Crippen molar-refractivity contribution in [2.24, 2.45) is 0 Å². The van der Waals surface area contributed by atoms with E-state index < -0.39 is 5.97 Å². The van der Waals surface area contributed by atoms with E-state index in [1.54, 1.807) is 24.3 Å². The van der Waals surface area contributed by atoms with E-state index in [2.05, 4.69) is 10.6 Å². The number of amides is 2. The molecule has 0 heterocycles. The fourth-order valence-corrected chi connectivity index (χ4v) is 1.41. The number of carboxylic acid groups (broad SMARTS) is 1. The van der Waals surface area contributed by atoms with Gasteiger partial charge in [0.05, 0.1) is 0 Å². The Bertz CT molecular complexity index is 481. The minimum Gasteiger partial charge on any atom is -0.478 e. The SMILES string of the molecule is CN(C)CCNC(=O)Nc1ccc(C=CC(=O)O)cc1. The van der Waals surface area contributed by atoms with E-state index in [0.29, 0.717) is 12.2 Å². The highest BCUT2D eigenvalue weighted by atomic mass is 16.4. The van der Waals surface area contributed by atoms with Gasteiger partial charge in [-0.2, -0.15) is 0 Å². The summed E-state index contributed by atoms with van der Waals surface area (Å²) in [5, 5.41) is 13.9. The molecule has 2 amide bonds. The Morgan fingerprint density at radius 3 is 2.45 bits per heavy atom. The predicted molar refractivity (Wildman–Crippen MR) is 78.7 cm³/mol. The van der Waals surface area contributed by atoms with Gasteiger partial charge < -0.3 is 20.6 Å². The molecule has 0 radical (unpaired) electrons. The number of urea groups is 1. The molecular formula is C14H19N3O3. The first-order valence-electron chi connectivity index (χ1n) is 6.18. The van der Waals surface area contributed by atoms with E-state index in [9.17, 15) is 9.59 Å². The van der Waals surface area contributed by atoms with Crippen LogP contribution < -0.4 is 10.6 Å². The minimum atomic E-state index is -0.993. The maximum atomic E-state index is 11.6. The summed E-state index contributed by atoms with van der Waals surface area (Å²) < 4.78 is 0. The quantitative estimate of drug-likeness (QED) is 0.688. The van der Waals surface area contributed by atoms with Gasteiger partial charge in [0.25, 0.3) is 0 Å². The van der Waals surface area contributed by atoms with Gasteiger partial charge in [0.1, 0.15) is 0 Å². The van der Waals surface area contributed by atoms with E-state index in [-0.39, 0.29) is 6.03 Å². The first kappa shape index (κ1) is 15.7. The highest BCUT2D eigenvalue weighted by Crippen LogP contribution is 2.10. The smallest absolute Gasteiger partial charge is 0.328 e. The van der Waals surface area contributed by atoms with Gasteiger partial charge in [-0.3, -0.25) is 0 Å². The van der Waals surface area contributed by atoms with Crippen LogP contribution in [-0.2, 0) is 4.79 Å². The number of carbonyl (C=O) groups is 2. The second-order valence-electron chi connectivity index (χ2n) is 4.48. The molecule has 0 aliphatic carbocycles. The third kappa shape index (κ3) is 6.55. The van der Waals surface area contributed by atoms with Crippen molar-refractivity contribution in [3.63, 3.8) is 0 Å². The number of rotatable bonds is 6. The predicted octanol–water partition coefficient (Wildman–Crippen LogP) is 1.47. The van der Waals surface area contributed by atoms with E-state index in [0.717, 1.165) is 18.2 Å². The molecule has 0 spiro atoms. The minimum absolute atomic E-state index is 0.263. The number of aliphatic carboxylic acids is 1. The molecule has 0 aromatic heterocycles. The Balaban J connectivity index is 2.44. The lowest BCUT2D eigenvalue weighted by atomic mass is 10.2. The average Bonchev–Trinajstić information content (AvgIpc) is 2.37. The molecule has 0 fully saturated rings. The van der Waals surface area contributed by atoms with Crippen LogP contribution in [-0.4, -0.2) is 49.2 Å². The Hall–Kier alpha value is -2.34. The molecule has 1 aromatic carbocycles. The zero-order valence-electron chi connectivity index (χ0n) is 11.6.